The number of fused-ring (bicyclic) bond motifs is 1. The third-order valence-corrected chi connectivity index (χ3v) is 4.13. The predicted octanol–water partition coefficient (Wildman–Crippen LogP) is 2.64. The van der Waals surface area contributed by atoms with Gasteiger partial charge < -0.3 is 15.0 Å². The molecule has 0 radical (unpaired) electrons. The van der Waals surface area contributed by atoms with Crippen LogP contribution in [0.4, 0.5) is 4.79 Å². The predicted molar refractivity (Wildman–Crippen MR) is 87.3 cm³/mol. The normalized spacial score (nSPS) is 15.0. The first-order chi connectivity index (χ1) is 11.2. The second-order valence-electron chi connectivity index (χ2n) is 5.72. The van der Waals surface area contributed by atoms with Gasteiger partial charge in [0.1, 0.15) is 5.75 Å². The van der Waals surface area contributed by atoms with E-state index >= 15 is 0 Å². The smallest absolute Gasteiger partial charge is 0.318 e. The lowest BCUT2D eigenvalue weighted by molar-refractivity contribution is 0.188. The highest BCUT2D eigenvalue weighted by molar-refractivity contribution is 5.75. The van der Waals surface area contributed by atoms with Gasteiger partial charge in [-0.25, -0.2) is 4.79 Å². The molecule has 2 amide bonds. The van der Waals surface area contributed by atoms with E-state index in [1.54, 1.807) is 0 Å². The van der Waals surface area contributed by atoms with E-state index in [0.29, 0.717) is 19.7 Å². The molecule has 2 N–H and O–H groups in total. The molecule has 1 aromatic heterocycles. The topological polar surface area (TPSA) is 70.2 Å². The molecule has 0 saturated carbocycles. The quantitative estimate of drug-likeness (QED) is 0.911. The van der Waals surface area contributed by atoms with Crippen LogP contribution >= 0.6 is 0 Å². The second kappa shape index (κ2) is 6.73. The van der Waals surface area contributed by atoms with Crippen LogP contribution in [0.25, 0.3) is 0 Å². The van der Waals surface area contributed by atoms with Crippen LogP contribution in [0.2, 0.25) is 0 Å². The van der Waals surface area contributed by atoms with Gasteiger partial charge in [-0.3, -0.25) is 5.10 Å². The number of carbonyl (C=O) groups excluding carboxylic acids is 1. The van der Waals surface area contributed by atoms with E-state index in [4.69, 9.17) is 4.74 Å². The van der Waals surface area contributed by atoms with Crippen LogP contribution in [-0.4, -0.2) is 34.3 Å². The Kier molecular flexibility index (Phi) is 4.50. The third-order valence-electron chi connectivity index (χ3n) is 4.13. The lowest BCUT2D eigenvalue weighted by Crippen LogP contribution is -2.43. The van der Waals surface area contributed by atoms with Gasteiger partial charge in [-0.15, -0.1) is 0 Å². The van der Waals surface area contributed by atoms with Crippen molar-refractivity contribution in [3.8, 4) is 5.75 Å². The maximum absolute atomic E-state index is 12.4. The van der Waals surface area contributed by atoms with Gasteiger partial charge in [0.05, 0.1) is 31.1 Å². The molecule has 1 aliphatic rings. The summed E-state index contributed by atoms with van der Waals surface area (Å²) in [6, 6.07) is 7.73. The molecule has 0 fully saturated rings. The summed E-state index contributed by atoms with van der Waals surface area (Å²) >= 11 is 0. The number of nitrogens with one attached hydrogen (secondary N) is 2. The number of aromatic nitrogens is 2. The average Bonchev–Trinajstić information content (AvgIpc) is 3.03. The summed E-state index contributed by atoms with van der Waals surface area (Å²) in [7, 11) is 0. The minimum Gasteiger partial charge on any atom is -0.494 e. The number of aromatic amines is 1. The van der Waals surface area contributed by atoms with Gasteiger partial charge in [0, 0.05) is 6.54 Å². The fourth-order valence-corrected chi connectivity index (χ4v) is 2.77. The number of carbonyl (C=O) groups is 1. The number of hydrogen-bond donors (Lipinski definition) is 2. The van der Waals surface area contributed by atoms with Gasteiger partial charge >= 0.3 is 6.03 Å². The molecule has 122 valence electrons. The van der Waals surface area contributed by atoms with Crippen LogP contribution in [0.3, 0.4) is 0 Å². The number of benzene rings is 1. The van der Waals surface area contributed by atoms with Gasteiger partial charge in [-0.05, 0) is 43.5 Å². The van der Waals surface area contributed by atoms with Crippen molar-refractivity contribution in [2.24, 2.45) is 0 Å². The van der Waals surface area contributed by atoms with E-state index in [1.165, 1.54) is 5.56 Å². The molecular weight excluding hydrogens is 292 g/mol. The number of hydrogen-bond acceptors (Lipinski definition) is 3. The van der Waals surface area contributed by atoms with Gasteiger partial charge in [-0.1, -0.05) is 12.1 Å². The lowest BCUT2D eigenvalue weighted by atomic mass is 10.1. The zero-order valence-corrected chi connectivity index (χ0v) is 13.5. The van der Waals surface area contributed by atoms with E-state index < -0.39 is 0 Å². The molecule has 1 aliphatic heterocycles. The summed E-state index contributed by atoms with van der Waals surface area (Å²) < 4.78 is 5.44. The van der Waals surface area contributed by atoms with Crippen LogP contribution in [0, 0.1) is 0 Å². The number of rotatable bonds is 4. The number of H-pyrrole nitrogens is 1. The lowest BCUT2D eigenvalue weighted by Gasteiger charge is -2.28. The molecule has 3 rings (SSSR count). The monoisotopic (exact) mass is 314 g/mol. The maximum Gasteiger partial charge on any atom is 0.318 e. The number of ether oxygens (including phenoxy) is 1. The maximum atomic E-state index is 12.4. The van der Waals surface area contributed by atoms with Crippen LogP contribution < -0.4 is 10.1 Å². The van der Waals surface area contributed by atoms with Gasteiger partial charge in [0.2, 0.25) is 0 Å². The molecule has 1 unspecified atom stereocenters. The molecule has 0 bridgehead atoms. The van der Waals surface area contributed by atoms with Crippen LogP contribution in [0.1, 0.15) is 36.7 Å². The van der Waals surface area contributed by atoms with Gasteiger partial charge in [-0.2, -0.15) is 5.10 Å². The molecule has 1 aromatic carbocycles. The highest BCUT2D eigenvalue weighted by Gasteiger charge is 2.23. The Labute approximate surface area is 135 Å². The zero-order valence-electron chi connectivity index (χ0n) is 13.5. The molecule has 6 heteroatoms. The van der Waals surface area contributed by atoms with Crippen molar-refractivity contribution < 1.29 is 9.53 Å². The minimum atomic E-state index is -0.0543. The number of amides is 2. The molecular formula is C17H22N4O2. The van der Waals surface area contributed by atoms with Crippen molar-refractivity contribution in [2.45, 2.75) is 32.9 Å². The number of nitrogens with zero attached hydrogens (tertiary/aromatic N) is 2. The Morgan fingerprint density at radius 2 is 2.22 bits per heavy atom. The molecule has 2 aromatic rings. The Balaban J connectivity index is 1.59. The van der Waals surface area contributed by atoms with E-state index in [0.717, 1.165) is 23.4 Å². The van der Waals surface area contributed by atoms with Crippen molar-refractivity contribution in [2.75, 3.05) is 13.2 Å². The van der Waals surface area contributed by atoms with Crippen LogP contribution in [0.5, 0.6) is 5.75 Å². The summed E-state index contributed by atoms with van der Waals surface area (Å²) in [4.78, 5) is 14.2. The Morgan fingerprint density at radius 1 is 1.43 bits per heavy atom. The van der Waals surface area contributed by atoms with Crippen molar-refractivity contribution >= 4 is 6.03 Å². The van der Waals surface area contributed by atoms with Gasteiger partial charge in [0.15, 0.2) is 0 Å². The molecule has 0 saturated heterocycles. The van der Waals surface area contributed by atoms with Gasteiger partial charge in [0.25, 0.3) is 0 Å². The Bertz CT molecular complexity index is 665. The standard InChI is InChI=1S/C17H22N4O2/c1-3-23-15-6-4-13(5-7-15)12(2)19-17(22)21-9-8-14-10-18-20-16(14)11-21/h4-7,10,12H,3,8-9,11H2,1-2H3,(H,18,20)(H,19,22). The SMILES string of the molecule is CCOc1ccc(C(C)NC(=O)N2CCc3cn[nH]c3C2)cc1. The summed E-state index contributed by atoms with van der Waals surface area (Å²) in [5, 5.41) is 10.0. The fraction of sp³-hybridized carbons (Fsp3) is 0.412. The number of urea groups is 1. The summed E-state index contributed by atoms with van der Waals surface area (Å²) in [6.07, 6.45) is 2.68. The summed E-state index contributed by atoms with van der Waals surface area (Å²) in [6.45, 7) is 5.89. The average molecular weight is 314 g/mol. The Morgan fingerprint density at radius 3 is 2.96 bits per heavy atom. The Hall–Kier alpha value is -2.50. The first kappa shape index (κ1) is 15.4. The minimum absolute atomic E-state index is 0.0494. The summed E-state index contributed by atoms with van der Waals surface area (Å²) in [5.74, 6) is 0.845. The molecule has 6 nitrogen and oxygen atoms in total. The molecule has 0 aliphatic carbocycles. The van der Waals surface area contributed by atoms with Crippen molar-refractivity contribution in [1.82, 2.24) is 20.4 Å². The highest BCUT2D eigenvalue weighted by Crippen LogP contribution is 2.19. The first-order valence-electron chi connectivity index (χ1n) is 7.96. The molecule has 0 spiro atoms. The zero-order chi connectivity index (χ0) is 16.2. The van der Waals surface area contributed by atoms with Crippen molar-refractivity contribution in [3.63, 3.8) is 0 Å². The molecule has 2 heterocycles. The van der Waals surface area contributed by atoms with E-state index in [9.17, 15) is 4.79 Å². The molecule has 1 atom stereocenters. The summed E-state index contributed by atoms with van der Waals surface area (Å²) in [5.41, 5.74) is 3.29. The fourth-order valence-electron chi connectivity index (χ4n) is 2.77. The highest BCUT2D eigenvalue weighted by atomic mass is 16.5. The van der Waals surface area contributed by atoms with Crippen molar-refractivity contribution in [3.05, 3.63) is 47.3 Å². The first-order valence-corrected chi connectivity index (χ1v) is 7.96. The second-order valence-corrected chi connectivity index (χ2v) is 5.72. The van der Waals surface area contributed by atoms with E-state index in [-0.39, 0.29) is 12.1 Å². The van der Waals surface area contributed by atoms with Crippen LogP contribution in [0.15, 0.2) is 30.5 Å². The largest absolute Gasteiger partial charge is 0.494 e. The molecule has 23 heavy (non-hydrogen) atoms. The van der Waals surface area contributed by atoms with E-state index in [1.807, 2.05) is 49.2 Å². The van der Waals surface area contributed by atoms with E-state index in [2.05, 4.69) is 15.5 Å². The van der Waals surface area contributed by atoms with Crippen LogP contribution in [-0.2, 0) is 13.0 Å². The van der Waals surface area contributed by atoms with Crippen molar-refractivity contribution in [1.29, 1.82) is 0 Å². The third kappa shape index (κ3) is 3.47.